The Kier molecular flexibility index (Phi) is 5.44. The summed E-state index contributed by atoms with van der Waals surface area (Å²) >= 11 is 0. The van der Waals surface area contributed by atoms with Crippen LogP contribution in [0, 0.1) is 0 Å². The lowest BCUT2D eigenvalue weighted by Crippen LogP contribution is -2.26. The Morgan fingerprint density at radius 3 is 2.17 bits per heavy atom. The summed E-state index contributed by atoms with van der Waals surface area (Å²) in [6, 6.07) is 9.15. The summed E-state index contributed by atoms with van der Waals surface area (Å²) in [5, 5.41) is 12.0. The highest BCUT2D eigenvalue weighted by molar-refractivity contribution is 5.96. The molecule has 5 nitrogen and oxygen atoms in total. The van der Waals surface area contributed by atoms with Gasteiger partial charge >= 0.3 is 5.97 Å². The van der Waals surface area contributed by atoms with E-state index in [0.717, 1.165) is 5.56 Å². The Morgan fingerprint density at radius 2 is 1.71 bits per heavy atom. The molecule has 0 aliphatic carbocycles. The number of aromatic carboxylic acids is 1. The zero-order valence-corrected chi connectivity index (χ0v) is 14.4. The summed E-state index contributed by atoms with van der Waals surface area (Å²) in [5.41, 5.74) is 2.26. The average molecular weight is 329 g/mol. The number of rotatable bonds is 6. The number of carboxylic acid groups (broad SMARTS) is 1. The fraction of sp³-hybridized carbons (Fsp3) is 0.368. The highest BCUT2D eigenvalue weighted by Crippen LogP contribution is 2.20. The molecule has 1 atom stereocenters. The van der Waals surface area contributed by atoms with Crippen LogP contribution in [0.25, 0.3) is 0 Å². The Bertz CT molecular complexity index is 728. The van der Waals surface area contributed by atoms with Crippen molar-refractivity contribution in [1.82, 2.24) is 5.32 Å². The van der Waals surface area contributed by atoms with Gasteiger partial charge < -0.3 is 14.8 Å². The van der Waals surface area contributed by atoms with Gasteiger partial charge in [0.1, 0.15) is 11.3 Å². The zero-order chi connectivity index (χ0) is 17.9. The third-order valence-electron chi connectivity index (χ3n) is 4.04. The molecule has 128 valence electrons. The normalized spacial score (nSPS) is 12.2. The minimum absolute atomic E-state index is 0.0231. The first-order valence-corrected chi connectivity index (χ1v) is 8.10. The molecule has 0 aliphatic rings. The zero-order valence-electron chi connectivity index (χ0n) is 14.4. The molecule has 2 rings (SSSR count). The average Bonchev–Trinajstić information content (AvgIpc) is 2.99. The molecule has 0 bridgehead atoms. The van der Waals surface area contributed by atoms with Crippen LogP contribution < -0.4 is 5.32 Å². The number of carbonyl (C=O) groups excluding carboxylic acids is 1. The number of benzene rings is 1. The summed E-state index contributed by atoms with van der Waals surface area (Å²) < 4.78 is 5.38. The largest absolute Gasteiger partial charge is 0.478 e. The second-order valence-electron chi connectivity index (χ2n) is 6.12. The molecule has 0 saturated carbocycles. The van der Waals surface area contributed by atoms with E-state index in [2.05, 4.69) is 19.2 Å². The molecule has 0 aliphatic heterocycles. The van der Waals surface area contributed by atoms with Gasteiger partial charge in [-0.15, -0.1) is 0 Å². The fourth-order valence-electron chi connectivity index (χ4n) is 2.50. The van der Waals surface area contributed by atoms with Crippen LogP contribution in [0.4, 0.5) is 0 Å². The maximum absolute atomic E-state index is 12.3. The van der Waals surface area contributed by atoms with Crippen molar-refractivity contribution in [2.75, 3.05) is 0 Å². The summed E-state index contributed by atoms with van der Waals surface area (Å²) in [4.78, 5) is 23.5. The lowest BCUT2D eigenvalue weighted by Gasteiger charge is -2.14. The molecule has 0 spiro atoms. The van der Waals surface area contributed by atoms with E-state index in [1.165, 1.54) is 11.6 Å². The van der Waals surface area contributed by atoms with Crippen LogP contribution in [0.3, 0.4) is 0 Å². The van der Waals surface area contributed by atoms with Gasteiger partial charge in [-0.3, -0.25) is 4.79 Å². The first kappa shape index (κ1) is 17.8. The molecule has 1 heterocycles. The van der Waals surface area contributed by atoms with E-state index in [9.17, 15) is 9.59 Å². The van der Waals surface area contributed by atoms with Crippen LogP contribution >= 0.6 is 0 Å². The van der Waals surface area contributed by atoms with Crippen molar-refractivity contribution in [3.05, 3.63) is 58.5 Å². The highest BCUT2D eigenvalue weighted by Gasteiger charge is 2.21. The van der Waals surface area contributed by atoms with Crippen LogP contribution in [-0.2, 0) is 6.42 Å². The number of furan rings is 1. The van der Waals surface area contributed by atoms with Crippen LogP contribution in [0.5, 0.6) is 0 Å². The molecule has 1 aromatic carbocycles. The summed E-state index contributed by atoms with van der Waals surface area (Å²) in [6.45, 7) is 7.92. The monoisotopic (exact) mass is 329 g/mol. The second kappa shape index (κ2) is 7.34. The van der Waals surface area contributed by atoms with Gasteiger partial charge in [-0.25, -0.2) is 4.79 Å². The standard InChI is InChI=1S/C19H23NO4/c1-5-16-15(19(22)23)10-17(24-16)18(21)20-12(4)14-8-6-13(7-9-14)11(2)3/h6-12H,5H2,1-4H3,(H,20,21)(H,22,23). The molecular weight excluding hydrogens is 306 g/mol. The van der Waals surface area contributed by atoms with Gasteiger partial charge in [-0.05, 0) is 24.0 Å². The van der Waals surface area contributed by atoms with E-state index in [1.54, 1.807) is 6.92 Å². The molecule has 2 N–H and O–H groups in total. The van der Waals surface area contributed by atoms with E-state index >= 15 is 0 Å². The molecule has 24 heavy (non-hydrogen) atoms. The number of nitrogens with one attached hydrogen (secondary N) is 1. The fourth-order valence-corrected chi connectivity index (χ4v) is 2.50. The lowest BCUT2D eigenvalue weighted by molar-refractivity contribution is 0.0694. The second-order valence-corrected chi connectivity index (χ2v) is 6.12. The van der Waals surface area contributed by atoms with E-state index in [0.29, 0.717) is 18.1 Å². The maximum atomic E-state index is 12.3. The van der Waals surface area contributed by atoms with E-state index < -0.39 is 11.9 Å². The minimum Gasteiger partial charge on any atom is -0.478 e. The summed E-state index contributed by atoms with van der Waals surface area (Å²) in [5.74, 6) is -0.727. The summed E-state index contributed by atoms with van der Waals surface area (Å²) in [7, 11) is 0. The smallest absolute Gasteiger partial charge is 0.339 e. The van der Waals surface area contributed by atoms with E-state index in [4.69, 9.17) is 9.52 Å². The van der Waals surface area contributed by atoms with Gasteiger partial charge in [0.2, 0.25) is 0 Å². The van der Waals surface area contributed by atoms with Crippen molar-refractivity contribution in [3.8, 4) is 0 Å². The molecule has 0 fully saturated rings. The number of carbonyl (C=O) groups is 2. The number of amides is 1. The van der Waals surface area contributed by atoms with Gasteiger partial charge in [0, 0.05) is 12.5 Å². The van der Waals surface area contributed by atoms with Gasteiger partial charge in [-0.2, -0.15) is 0 Å². The number of aryl methyl sites for hydroxylation is 1. The van der Waals surface area contributed by atoms with Crippen molar-refractivity contribution in [2.24, 2.45) is 0 Å². The van der Waals surface area contributed by atoms with Gasteiger partial charge in [0.25, 0.3) is 5.91 Å². The molecule has 1 amide bonds. The number of hydrogen-bond donors (Lipinski definition) is 2. The number of carboxylic acids is 1. The minimum atomic E-state index is -1.09. The Hall–Kier alpha value is -2.56. The molecule has 0 radical (unpaired) electrons. The Morgan fingerprint density at radius 1 is 1.12 bits per heavy atom. The quantitative estimate of drug-likeness (QED) is 0.834. The predicted octanol–water partition coefficient (Wildman–Crippen LogP) is 4.15. The SMILES string of the molecule is CCc1oc(C(=O)NC(C)c2ccc(C(C)C)cc2)cc1C(=O)O. The van der Waals surface area contributed by atoms with Crippen molar-refractivity contribution < 1.29 is 19.1 Å². The third-order valence-corrected chi connectivity index (χ3v) is 4.04. The highest BCUT2D eigenvalue weighted by atomic mass is 16.4. The topological polar surface area (TPSA) is 79.5 Å². The maximum Gasteiger partial charge on any atom is 0.339 e. The van der Waals surface area contributed by atoms with Crippen molar-refractivity contribution in [2.45, 2.75) is 46.1 Å². The van der Waals surface area contributed by atoms with Crippen molar-refractivity contribution in [1.29, 1.82) is 0 Å². The first-order chi connectivity index (χ1) is 11.3. The molecule has 1 unspecified atom stereocenters. The van der Waals surface area contributed by atoms with Crippen molar-refractivity contribution in [3.63, 3.8) is 0 Å². The lowest BCUT2D eigenvalue weighted by atomic mass is 9.99. The third kappa shape index (κ3) is 3.85. The van der Waals surface area contributed by atoms with Gasteiger partial charge in [0.05, 0.1) is 6.04 Å². The Labute approximate surface area is 141 Å². The van der Waals surface area contributed by atoms with Gasteiger partial charge in [-0.1, -0.05) is 45.0 Å². The molecule has 5 heteroatoms. The van der Waals surface area contributed by atoms with Crippen molar-refractivity contribution >= 4 is 11.9 Å². The van der Waals surface area contributed by atoms with Crippen LogP contribution in [0.1, 0.15) is 77.5 Å². The molecule has 1 aromatic heterocycles. The number of hydrogen-bond acceptors (Lipinski definition) is 3. The van der Waals surface area contributed by atoms with Crippen LogP contribution in [0.15, 0.2) is 34.7 Å². The van der Waals surface area contributed by atoms with E-state index in [1.807, 2.05) is 31.2 Å². The Balaban J connectivity index is 2.12. The first-order valence-electron chi connectivity index (χ1n) is 8.10. The molecule has 2 aromatic rings. The van der Waals surface area contributed by atoms with Gasteiger partial charge in [0.15, 0.2) is 5.76 Å². The van der Waals surface area contributed by atoms with E-state index in [-0.39, 0.29) is 17.4 Å². The van der Waals surface area contributed by atoms with Crippen LogP contribution in [-0.4, -0.2) is 17.0 Å². The predicted molar refractivity (Wildman–Crippen MR) is 91.5 cm³/mol. The van der Waals surface area contributed by atoms with Crippen LogP contribution in [0.2, 0.25) is 0 Å². The summed E-state index contributed by atoms with van der Waals surface area (Å²) in [6.07, 6.45) is 0.418. The molecule has 0 saturated heterocycles. The molecular formula is C19H23NO4.